The SMILES string of the molecule is Cc1ccc(C)c(NC(=O)/C=C/c2ccc(-c3ccc(Cl)c(Cl)c3)o2)c1. The molecule has 0 radical (unpaired) electrons. The molecule has 0 bridgehead atoms. The van der Waals surface area contributed by atoms with Crippen LogP contribution in [0.4, 0.5) is 5.69 Å². The van der Waals surface area contributed by atoms with E-state index < -0.39 is 0 Å². The van der Waals surface area contributed by atoms with Crippen LogP contribution in [0.5, 0.6) is 0 Å². The Kier molecular flexibility index (Phi) is 5.50. The van der Waals surface area contributed by atoms with Crippen LogP contribution in [0.15, 0.2) is 59.0 Å². The zero-order valence-corrected chi connectivity index (χ0v) is 15.9. The van der Waals surface area contributed by atoms with Crippen LogP contribution < -0.4 is 5.32 Å². The van der Waals surface area contributed by atoms with Gasteiger partial charge in [0.25, 0.3) is 0 Å². The van der Waals surface area contributed by atoms with Gasteiger partial charge in [-0.15, -0.1) is 0 Å². The van der Waals surface area contributed by atoms with E-state index in [4.69, 9.17) is 27.6 Å². The normalized spacial score (nSPS) is 11.1. The number of amides is 1. The Balaban J connectivity index is 1.71. The van der Waals surface area contributed by atoms with Gasteiger partial charge in [-0.2, -0.15) is 0 Å². The van der Waals surface area contributed by atoms with Crippen LogP contribution in [0.1, 0.15) is 16.9 Å². The predicted octanol–water partition coefficient (Wildman–Crippen LogP) is 6.52. The summed E-state index contributed by atoms with van der Waals surface area (Å²) < 4.78 is 5.74. The van der Waals surface area contributed by atoms with Crippen molar-refractivity contribution in [3.05, 3.63) is 81.5 Å². The first kappa shape index (κ1) is 18.3. The molecule has 3 nitrogen and oxygen atoms in total. The molecule has 0 saturated heterocycles. The van der Waals surface area contributed by atoms with Gasteiger partial charge in [0.15, 0.2) is 0 Å². The number of anilines is 1. The third kappa shape index (κ3) is 4.37. The highest BCUT2D eigenvalue weighted by atomic mass is 35.5. The van der Waals surface area contributed by atoms with Gasteiger partial charge < -0.3 is 9.73 Å². The zero-order valence-electron chi connectivity index (χ0n) is 14.3. The number of carbonyl (C=O) groups is 1. The Bertz CT molecular complexity index is 989. The van der Waals surface area contributed by atoms with Crippen LogP contribution in [-0.4, -0.2) is 5.91 Å². The van der Waals surface area contributed by atoms with Crippen molar-refractivity contribution < 1.29 is 9.21 Å². The van der Waals surface area contributed by atoms with Gasteiger partial charge in [0.2, 0.25) is 5.91 Å². The smallest absolute Gasteiger partial charge is 0.248 e. The molecule has 0 aliphatic heterocycles. The number of halogens is 2. The summed E-state index contributed by atoms with van der Waals surface area (Å²) in [6.07, 6.45) is 3.07. The topological polar surface area (TPSA) is 42.2 Å². The lowest BCUT2D eigenvalue weighted by atomic mass is 10.1. The van der Waals surface area contributed by atoms with Crippen LogP contribution in [0.25, 0.3) is 17.4 Å². The summed E-state index contributed by atoms with van der Waals surface area (Å²) in [6.45, 7) is 3.94. The number of carbonyl (C=O) groups excluding carboxylic acids is 1. The molecule has 1 N–H and O–H groups in total. The molecule has 1 aromatic heterocycles. The number of hydrogen-bond acceptors (Lipinski definition) is 2. The predicted molar refractivity (Wildman–Crippen MR) is 108 cm³/mol. The minimum absolute atomic E-state index is 0.216. The van der Waals surface area contributed by atoms with Crippen molar-refractivity contribution in [3.63, 3.8) is 0 Å². The van der Waals surface area contributed by atoms with E-state index in [1.165, 1.54) is 6.08 Å². The summed E-state index contributed by atoms with van der Waals surface area (Å²) in [7, 11) is 0. The molecule has 5 heteroatoms. The molecule has 132 valence electrons. The third-order valence-electron chi connectivity index (χ3n) is 3.88. The van der Waals surface area contributed by atoms with Crippen LogP contribution in [0.2, 0.25) is 10.0 Å². The molecule has 0 aliphatic carbocycles. The van der Waals surface area contributed by atoms with Gasteiger partial charge in [-0.3, -0.25) is 4.79 Å². The van der Waals surface area contributed by atoms with Crippen LogP contribution in [-0.2, 0) is 4.79 Å². The first-order valence-electron chi connectivity index (χ1n) is 8.04. The van der Waals surface area contributed by atoms with Crippen LogP contribution in [0, 0.1) is 13.8 Å². The largest absolute Gasteiger partial charge is 0.457 e. The van der Waals surface area contributed by atoms with Gasteiger partial charge in [-0.1, -0.05) is 35.3 Å². The van der Waals surface area contributed by atoms with E-state index in [0.29, 0.717) is 21.6 Å². The lowest BCUT2D eigenvalue weighted by Crippen LogP contribution is -2.09. The molecule has 3 aromatic rings. The second-order valence-electron chi connectivity index (χ2n) is 5.97. The van der Waals surface area contributed by atoms with E-state index in [0.717, 1.165) is 22.4 Å². The van der Waals surface area contributed by atoms with Crippen molar-refractivity contribution in [2.75, 3.05) is 5.32 Å². The minimum atomic E-state index is -0.216. The summed E-state index contributed by atoms with van der Waals surface area (Å²) in [5.74, 6) is 1.01. The Morgan fingerprint density at radius 3 is 2.58 bits per heavy atom. The van der Waals surface area contributed by atoms with Gasteiger partial charge in [0.1, 0.15) is 11.5 Å². The fraction of sp³-hybridized carbons (Fsp3) is 0.0952. The van der Waals surface area contributed by atoms with Crippen molar-refractivity contribution in [1.29, 1.82) is 0 Å². The molecule has 0 spiro atoms. The highest BCUT2D eigenvalue weighted by Gasteiger charge is 2.07. The molecule has 3 rings (SSSR count). The number of furan rings is 1. The number of benzene rings is 2. The summed E-state index contributed by atoms with van der Waals surface area (Å²) in [6, 6.07) is 14.8. The van der Waals surface area contributed by atoms with E-state index >= 15 is 0 Å². The third-order valence-corrected chi connectivity index (χ3v) is 4.62. The quantitative estimate of drug-likeness (QED) is 0.519. The summed E-state index contributed by atoms with van der Waals surface area (Å²) in [4.78, 5) is 12.1. The van der Waals surface area contributed by atoms with Gasteiger partial charge in [0.05, 0.1) is 10.0 Å². The molecule has 0 saturated carbocycles. The lowest BCUT2D eigenvalue weighted by Gasteiger charge is -2.07. The zero-order chi connectivity index (χ0) is 18.7. The summed E-state index contributed by atoms with van der Waals surface area (Å²) in [5, 5.41) is 3.83. The van der Waals surface area contributed by atoms with Gasteiger partial charge >= 0.3 is 0 Å². The molecule has 2 aromatic carbocycles. The number of rotatable bonds is 4. The van der Waals surface area contributed by atoms with E-state index in [1.807, 2.05) is 44.2 Å². The molecule has 0 unspecified atom stereocenters. The van der Waals surface area contributed by atoms with E-state index in [1.54, 1.807) is 24.3 Å². The molecule has 26 heavy (non-hydrogen) atoms. The van der Waals surface area contributed by atoms with Crippen molar-refractivity contribution in [2.24, 2.45) is 0 Å². The van der Waals surface area contributed by atoms with Gasteiger partial charge in [-0.05, 0) is 67.4 Å². The standard InChI is InChI=1S/C21H17Cl2NO2/c1-13-3-4-14(2)19(11-13)24-21(25)10-7-16-6-9-20(26-16)15-5-8-17(22)18(23)12-15/h3-12H,1-2H3,(H,24,25)/b10-7+. The van der Waals surface area contributed by atoms with E-state index in [-0.39, 0.29) is 5.91 Å². The number of nitrogens with one attached hydrogen (secondary N) is 1. The Hall–Kier alpha value is -2.49. The van der Waals surface area contributed by atoms with Crippen molar-refractivity contribution >= 4 is 40.9 Å². The Morgan fingerprint density at radius 2 is 1.81 bits per heavy atom. The average Bonchev–Trinajstić information content (AvgIpc) is 3.08. The maximum atomic E-state index is 12.1. The van der Waals surface area contributed by atoms with E-state index in [9.17, 15) is 4.79 Å². The fourth-order valence-corrected chi connectivity index (χ4v) is 2.75. The first-order valence-corrected chi connectivity index (χ1v) is 8.79. The molecule has 0 atom stereocenters. The van der Waals surface area contributed by atoms with Crippen molar-refractivity contribution in [1.82, 2.24) is 0 Å². The molecular formula is C21H17Cl2NO2. The molecule has 0 aliphatic rings. The van der Waals surface area contributed by atoms with Crippen LogP contribution in [0.3, 0.4) is 0 Å². The minimum Gasteiger partial charge on any atom is -0.457 e. The first-order chi connectivity index (χ1) is 12.4. The molecular weight excluding hydrogens is 369 g/mol. The molecule has 0 fully saturated rings. The highest BCUT2D eigenvalue weighted by Crippen LogP contribution is 2.29. The average molecular weight is 386 g/mol. The second-order valence-corrected chi connectivity index (χ2v) is 6.79. The van der Waals surface area contributed by atoms with Gasteiger partial charge in [0, 0.05) is 17.3 Å². The lowest BCUT2D eigenvalue weighted by molar-refractivity contribution is -0.111. The van der Waals surface area contributed by atoms with Crippen molar-refractivity contribution in [2.45, 2.75) is 13.8 Å². The maximum absolute atomic E-state index is 12.1. The van der Waals surface area contributed by atoms with Gasteiger partial charge in [-0.25, -0.2) is 0 Å². The monoisotopic (exact) mass is 385 g/mol. The van der Waals surface area contributed by atoms with Crippen molar-refractivity contribution in [3.8, 4) is 11.3 Å². The fourth-order valence-electron chi connectivity index (χ4n) is 2.45. The van der Waals surface area contributed by atoms with Crippen LogP contribution >= 0.6 is 23.2 Å². The molecule has 1 amide bonds. The molecule has 1 heterocycles. The summed E-state index contributed by atoms with van der Waals surface area (Å²) in [5.41, 5.74) is 3.72. The highest BCUT2D eigenvalue weighted by molar-refractivity contribution is 6.42. The Labute approximate surface area is 162 Å². The second kappa shape index (κ2) is 7.81. The number of hydrogen-bond donors (Lipinski definition) is 1. The number of aryl methyl sites for hydroxylation is 2. The summed E-state index contributed by atoms with van der Waals surface area (Å²) >= 11 is 12.0. The maximum Gasteiger partial charge on any atom is 0.248 e. The Morgan fingerprint density at radius 1 is 1.00 bits per heavy atom. The van der Waals surface area contributed by atoms with E-state index in [2.05, 4.69) is 5.32 Å².